The molecule has 0 fully saturated rings. The zero-order valence-corrected chi connectivity index (χ0v) is 12.0. The van der Waals surface area contributed by atoms with E-state index in [0.717, 1.165) is 0 Å². The van der Waals surface area contributed by atoms with Crippen LogP contribution in [0, 0.1) is 11.3 Å². The van der Waals surface area contributed by atoms with Crippen molar-refractivity contribution in [3.05, 3.63) is 59.6 Å². The van der Waals surface area contributed by atoms with Gasteiger partial charge < -0.3 is 14.8 Å². The van der Waals surface area contributed by atoms with Crippen LogP contribution in [0.5, 0.6) is 5.75 Å². The second-order valence-electron chi connectivity index (χ2n) is 4.46. The minimum Gasteiger partial charge on any atom is -0.506 e. The molecule has 3 aromatic rings. The van der Waals surface area contributed by atoms with E-state index in [1.54, 1.807) is 24.3 Å². The van der Waals surface area contributed by atoms with Crippen LogP contribution in [0.3, 0.4) is 0 Å². The number of fused-ring (bicyclic) bond motifs is 1. The molecule has 0 aliphatic carbocycles. The van der Waals surface area contributed by atoms with E-state index in [0.29, 0.717) is 21.8 Å². The van der Waals surface area contributed by atoms with Crippen molar-refractivity contribution >= 4 is 34.0 Å². The molecule has 108 valence electrons. The lowest BCUT2D eigenvalue weighted by Gasteiger charge is -2.04. The molecule has 5 nitrogen and oxygen atoms in total. The molecule has 2 N–H and O–H groups in total. The topological polar surface area (TPSA) is 82.1 Å². The number of rotatable bonds is 3. The molecule has 0 radical (unpaired) electrons. The summed E-state index contributed by atoms with van der Waals surface area (Å²) in [5.41, 5.74) is 1.86. The summed E-state index contributed by atoms with van der Waals surface area (Å²) in [4.78, 5) is 4.25. The van der Waals surface area contributed by atoms with E-state index in [9.17, 15) is 10.4 Å². The SMILES string of the molecule is N#CC(=CNc1cc(Cl)ccc1O)c1nc2ccccc2o1. The number of hydrogen-bond acceptors (Lipinski definition) is 5. The number of para-hydroxylation sites is 2. The van der Waals surface area contributed by atoms with Crippen LogP contribution in [-0.4, -0.2) is 10.1 Å². The van der Waals surface area contributed by atoms with Crippen LogP contribution in [-0.2, 0) is 0 Å². The van der Waals surface area contributed by atoms with Crippen LogP contribution in [0.15, 0.2) is 53.1 Å². The predicted octanol–water partition coefficient (Wildman–Crippen LogP) is 4.16. The molecule has 0 spiro atoms. The van der Waals surface area contributed by atoms with Crippen molar-refractivity contribution in [3.63, 3.8) is 0 Å². The number of hydrogen-bond donors (Lipinski definition) is 2. The lowest BCUT2D eigenvalue weighted by molar-refractivity contribution is 0.477. The van der Waals surface area contributed by atoms with Crippen molar-refractivity contribution in [1.82, 2.24) is 4.98 Å². The highest BCUT2D eigenvalue weighted by molar-refractivity contribution is 6.30. The number of benzene rings is 2. The summed E-state index contributed by atoms with van der Waals surface area (Å²) in [5, 5.41) is 22.3. The fourth-order valence-electron chi connectivity index (χ4n) is 1.90. The molecule has 2 aromatic carbocycles. The van der Waals surface area contributed by atoms with Crippen molar-refractivity contribution in [2.45, 2.75) is 0 Å². The minimum absolute atomic E-state index is 0.0236. The molecule has 1 heterocycles. The van der Waals surface area contributed by atoms with E-state index in [-0.39, 0.29) is 17.2 Å². The second-order valence-corrected chi connectivity index (χ2v) is 4.90. The Kier molecular flexibility index (Phi) is 3.69. The molecule has 0 saturated carbocycles. The van der Waals surface area contributed by atoms with Crippen LogP contribution in [0.1, 0.15) is 5.89 Å². The first-order valence-corrected chi connectivity index (χ1v) is 6.76. The van der Waals surface area contributed by atoms with E-state index in [1.165, 1.54) is 12.3 Å². The van der Waals surface area contributed by atoms with Gasteiger partial charge in [0.15, 0.2) is 5.58 Å². The standard InChI is InChI=1S/C16H10ClN3O2/c17-11-5-6-14(21)13(7-11)19-9-10(8-18)16-20-12-3-1-2-4-15(12)22-16/h1-7,9,19,21H. The summed E-state index contributed by atoms with van der Waals surface area (Å²) >= 11 is 5.87. The summed E-state index contributed by atoms with van der Waals surface area (Å²) in [6, 6.07) is 13.8. The Morgan fingerprint density at radius 2 is 2.14 bits per heavy atom. The van der Waals surface area contributed by atoms with Gasteiger partial charge in [-0.05, 0) is 30.3 Å². The Morgan fingerprint density at radius 1 is 1.32 bits per heavy atom. The van der Waals surface area contributed by atoms with Gasteiger partial charge in [-0.1, -0.05) is 23.7 Å². The van der Waals surface area contributed by atoms with Gasteiger partial charge in [0.1, 0.15) is 22.9 Å². The van der Waals surface area contributed by atoms with Gasteiger partial charge in [-0.25, -0.2) is 4.98 Å². The van der Waals surface area contributed by atoms with E-state index in [4.69, 9.17) is 16.0 Å². The molecule has 0 amide bonds. The van der Waals surface area contributed by atoms with Crippen molar-refractivity contribution in [2.75, 3.05) is 5.32 Å². The number of aromatic hydroxyl groups is 1. The van der Waals surface area contributed by atoms with E-state index >= 15 is 0 Å². The highest BCUT2D eigenvalue weighted by atomic mass is 35.5. The van der Waals surface area contributed by atoms with Crippen LogP contribution in [0.25, 0.3) is 16.7 Å². The minimum atomic E-state index is 0.0236. The number of oxazole rings is 1. The van der Waals surface area contributed by atoms with Gasteiger partial charge in [0.05, 0.1) is 5.69 Å². The predicted molar refractivity (Wildman–Crippen MR) is 84.3 cm³/mol. The fraction of sp³-hybridized carbons (Fsp3) is 0. The van der Waals surface area contributed by atoms with E-state index < -0.39 is 0 Å². The van der Waals surface area contributed by atoms with Gasteiger partial charge in [0, 0.05) is 11.2 Å². The van der Waals surface area contributed by atoms with Crippen LogP contribution >= 0.6 is 11.6 Å². The van der Waals surface area contributed by atoms with Gasteiger partial charge in [-0.3, -0.25) is 0 Å². The lowest BCUT2D eigenvalue weighted by Crippen LogP contribution is -1.92. The van der Waals surface area contributed by atoms with Gasteiger partial charge >= 0.3 is 0 Å². The summed E-state index contributed by atoms with van der Waals surface area (Å²) < 4.78 is 5.53. The molecule has 6 heteroatoms. The van der Waals surface area contributed by atoms with E-state index in [2.05, 4.69) is 10.3 Å². The van der Waals surface area contributed by atoms with Crippen molar-refractivity contribution < 1.29 is 9.52 Å². The largest absolute Gasteiger partial charge is 0.506 e. The van der Waals surface area contributed by atoms with Crippen molar-refractivity contribution in [2.24, 2.45) is 0 Å². The first-order valence-electron chi connectivity index (χ1n) is 6.38. The smallest absolute Gasteiger partial charge is 0.239 e. The molecule has 22 heavy (non-hydrogen) atoms. The summed E-state index contributed by atoms with van der Waals surface area (Å²) in [7, 11) is 0. The maximum Gasteiger partial charge on any atom is 0.239 e. The number of allylic oxidation sites excluding steroid dienone is 1. The van der Waals surface area contributed by atoms with Crippen molar-refractivity contribution in [3.8, 4) is 11.8 Å². The highest BCUT2D eigenvalue weighted by Crippen LogP contribution is 2.27. The Balaban J connectivity index is 1.93. The Labute approximate surface area is 131 Å². The number of nitrogens with one attached hydrogen (secondary N) is 1. The maximum atomic E-state index is 9.73. The summed E-state index contributed by atoms with van der Waals surface area (Å²) in [6.45, 7) is 0. The zero-order chi connectivity index (χ0) is 15.5. The monoisotopic (exact) mass is 311 g/mol. The molecular formula is C16H10ClN3O2. The molecule has 0 aliphatic rings. The first kappa shape index (κ1) is 14.0. The highest BCUT2D eigenvalue weighted by Gasteiger charge is 2.10. The number of aromatic nitrogens is 1. The number of phenolic OH excluding ortho intramolecular Hbond substituents is 1. The third-order valence-corrected chi connectivity index (χ3v) is 3.21. The molecule has 0 unspecified atom stereocenters. The normalized spacial score (nSPS) is 11.4. The number of nitriles is 1. The van der Waals surface area contributed by atoms with Gasteiger partial charge in [0.2, 0.25) is 5.89 Å². The fourth-order valence-corrected chi connectivity index (χ4v) is 2.08. The van der Waals surface area contributed by atoms with Crippen LogP contribution in [0.4, 0.5) is 5.69 Å². The van der Waals surface area contributed by atoms with Gasteiger partial charge in [0.25, 0.3) is 0 Å². The first-order chi connectivity index (χ1) is 10.7. The quantitative estimate of drug-likeness (QED) is 0.560. The Morgan fingerprint density at radius 3 is 2.91 bits per heavy atom. The maximum absolute atomic E-state index is 9.73. The number of phenols is 1. The molecular weight excluding hydrogens is 302 g/mol. The third-order valence-electron chi connectivity index (χ3n) is 2.98. The Hall–Kier alpha value is -2.97. The molecule has 0 saturated heterocycles. The lowest BCUT2D eigenvalue weighted by atomic mass is 10.2. The number of nitrogens with zero attached hydrogens (tertiary/aromatic N) is 2. The third kappa shape index (κ3) is 2.73. The number of anilines is 1. The molecule has 0 aliphatic heterocycles. The van der Waals surface area contributed by atoms with Crippen LogP contribution in [0.2, 0.25) is 5.02 Å². The average molecular weight is 312 g/mol. The van der Waals surface area contributed by atoms with Crippen molar-refractivity contribution in [1.29, 1.82) is 5.26 Å². The average Bonchev–Trinajstić information content (AvgIpc) is 2.95. The molecule has 0 bridgehead atoms. The van der Waals surface area contributed by atoms with Crippen LogP contribution < -0.4 is 5.32 Å². The van der Waals surface area contributed by atoms with E-state index in [1.807, 2.05) is 18.2 Å². The molecule has 3 rings (SSSR count). The number of halogens is 1. The Bertz CT molecular complexity index is 876. The summed E-state index contributed by atoms with van der Waals surface area (Å²) in [5.74, 6) is 0.230. The van der Waals surface area contributed by atoms with Gasteiger partial charge in [-0.2, -0.15) is 5.26 Å². The zero-order valence-electron chi connectivity index (χ0n) is 11.2. The second kappa shape index (κ2) is 5.80. The summed E-state index contributed by atoms with van der Waals surface area (Å²) in [6.07, 6.45) is 1.41. The van der Waals surface area contributed by atoms with Gasteiger partial charge in [-0.15, -0.1) is 0 Å². The molecule has 1 aromatic heterocycles. The molecule has 0 atom stereocenters.